The first kappa shape index (κ1) is 19.1. The van der Waals surface area contributed by atoms with Gasteiger partial charge >= 0.3 is 12.0 Å². The Morgan fingerprint density at radius 1 is 1.10 bits per heavy atom. The molecule has 0 aromatic heterocycles. The molecule has 9 heteroatoms. The maximum absolute atomic E-state index is 12.9. The zero-order chi connectivity index (χ0) is 20.8. The summed E-state index contributed by atoms with van der Waals surface area (Å²) in [7, 11) is 0. The first-order chi connectivity index (χ1) is 13.8. The first-order valence-electron chi connectivity index (χ1n) is 9.60. The molecule has 9 nitrogen and oxygen atoms in total. The van der Waals surface area contributed by atoms with Crippen molar-refractivity contribution in [2.75, 3.05) is 13.3 Å². The van der Waals surface area contributed by atoms with Crippen molar-refractivity contribution in [3.05, 3.63) is 35.4 Å². The maximum atomic E-state index is 12.9. The van der Waals surface area contributed by atoms with Gasteiger partial charge in [0.05, 0.1) is 11.1 Å². The Kier molecular flexibility index (Phi) is 4.60. The molecule has 1 aromatic carbocycles. The van der Waals surface area contributed by atoms with E-state index in [0.717, 1.165) is 29.1 Å². The number of rotatable bonds is 4. The number of urea groups is 1. The fraction of sp³-hybridized carbons (Fsp3) is 0.450. The summed E-state index contributed by atoms with van der Waals surface area (Å²) in [5.41, 5.74) is -0.468. The van der Waals surface area contributed by atoms with Crippen LogP contribution < -0.4 is 5.32 Å². The highest BCUT2D eigenvalue weighted by Crippen LogP contribution is 2.38. The second-order valence-electron chi connectivity index (χ2n) is 7.67. The lowest BCUT2D eigenvalue weighted by Gasteiger charge is -2.36. The summed E-state index contributed by atoms with van der Waals surface area (Å²) in [5.74, 6) is -2.42. The van der Waals surface area contributed by atoms with Gasteiger partial charge < -0.3 is 10.1 Å². The van der Waals surface area contributed by atoms with Crippen LogP contribution in [0, 0.1) is 5.92 Å². The standard InChI is InChI=1S/C20H21N3O6/c1-12-6-4-5-9-20(12)18(27)22(19(28)21-20)10-15(24)29-11-23-16(25)13-7-2-3-8-14(13)17(23)26/h2-3,7-8,12H,4-6,9-11H2,1H3,(H,21,28)/t12-,20+/m1/s1. The van der Waals surface area contributed by atoms with E-state index in [4.69, 9.17) is 4.74 Å². The van der Waals surface area contributed by atoms with Gasteiger partial charge in [-0.1, -0.05) is 31.9 Å². The van der Waals surface area contributed by atoms with E-state index in [1.54, 1.807) is 12.1 Å². The number of hydrogen-bond donors (Lipinski definition) is 1. The lowest BCUT2D eigenvalue weighted by Crippen LogP contribution is -2.54. The van der Waals surface area contributed by atoms with Gasteiger partial charge in [-0.2, -0.15) is 0 Å². The number of nitrogens with zero attached hydrogens (tertiary/aromatic N) is 2. The third kappa shape index (κ3) is 2.97. The summed E-state index contributed by atoms with van der Waals surface area (Å²) >= 11 is 0. The smallest absolute Gasteiger partial charge is 0.328 e. The number of hydrogen-bond acceptors (Lipinski definition) is 6. The first-order valence-corrected chi connectivity index (χ1v) is 9.60. The summed E-state index contributed by atoms with van der Waals surface area (Å²) in [6.07, 6.45) is 3.19. The van der Waals surface area contributed by atoms with Crippen molar-refractivity contribution in [3.63, 3.8) is 0 Å². The van der Waals surface area contributed by atoms with Gasteiger partial charge in [-0.05, 0) is 30.9 Å². The predicted octanol–water partition coefficient (Wildman–Crippen LogP) is 1.28. The normalized spacial score (nSPS) is 26.2. The third-order valence-corrected chi connectivity index (χ3v) is 6.02. The van der Waals surface area contributed by atoms with E-state index in [-0.39, 0.29) is 17.0 Å². The van der Waals surface area contributed by atoms with Crippen LogP contribution in [0.5, 0.6) is 0 Å². The van der Waals surface area contributed by atoms with Crippen molar-refractivity contribution in [2.45, 2.75) is 38.1 Å². The van der Waals surface area contributed by atoms with Crippen molar-refractivity contribution in [2.24, 2.45) is 5.92 Å². The highest BCUT2D eigenvalue weighted by Gasteiger charge is 2.55. The van der Waals surface area contributed by atoms with Gasteiger partial charge in [0.15, 0.2) is 6.73 Å². The van der Waals surface area contributed by atoms with Gasteiger partial charge in [0.2, 0.25) is 0 Å². The molecule has 2 fully saturated rings. The lowest BCUT2D eigenvalue weighted by atomic mass is 9.73. The van der Waals surface area contributed by atoms with E-state index < -0.39 is 48.5 Å². The molecule has 1 aliphatic carbocycles. The number of ether oxygens (including phenoxy) is 1. The molecule has 4 rings (SSSR count). The van der Waals surface area contributed by atoms with Crippen molar-refractivity contribution in [3.8, 4) is 0 Å². The quantitative estimate of drug-likeness (QED) is 0.464. The molecule has 2 heterocycles. The number of imide groups is 2. The van der Waals surface area contributed by atoms with E-state index in [1.165, 1.54) is 12.1 Å². The van der Waals surface area contributed by atoms with Crippen LogP contribution in [0.3, 0.4) is 0 Å². The molecular weight excluding hydrogens is 378 g/mol. The second kappa shape index (κ2) is 6.98. The lowest BCUT2D eigenvalue weighted by molar-refractivity contribution is -0.150. The summed E-state index contributed by atoms with van der Waals surface area (Å²) in [6, 6.07) is 5.70. The van der Waals surface area contributed by atoms with Gasteiger partial charge in [-0.3, -0.25) is 24.1 Å². The zero-order valence-corrected chi connectivity index (χ0v) is 16.0. The van der Waals surface area contributed by atoms with Gasteiger partial charge in [0, 0.05) is 0 Å². The number of esters is 1. The fourth-order valence-corrected chi connectivity index (χ4v) is 4.31. The molecule has 1 saturated carbocycles. The van der Waals surface area contributed by atoms with Crippen LogP contribution in [0.4, 0.5) is 4.79 Å². The molecule has 2 aliphatic heterocycles. The molecule has 0 unspecified atom stereocenters. The SMILES string of the molecule is C[C@@H]1CCCC[C@]12NC(=O)N(CC(=O)OCN1C(=O)c3ccccc3C1=O)C2=O. The molecule has 2 atom stereocenters. The van der Waals surface area contributed by atoms with Gasteiger partial charge in [0.1, 0.15) is 12.1 Å². The van der Waals surface area contributed by atoms with Gasteiger partial charge in [-0.25, -0.2) is 9.69 Å². The number of carbonyl (C=O) groups excluding carboxylic acids is 5. The Hall–Kier alpha value is -3.23. The molecule has 1 N–H and O–H groups in total. The maximum Gasteiger partial charge on any atom is 0.328 e. The van der Waals surface area contributed by atoms with Crippen molar-refractivity contribution < 1.29 is 28.7 Å². The summed E-state index contributed by atoms with van der Waals surface area (Å²) in [6.45, 7) is 0.778. The van der Waals surface area contributed by atoms with Crippen molar-refractivity contribution >= 4 is 29.7 Å². The Labute approximate surface area is 167 Å². The minimum atomic E-state index is -0.960. The molecule has 1 spiro atoms. The van der Waals surface area contributed by atoms with E-state index in [0.29, 0.717) is 6.42 Å². The van der Waals surface area contributed by atoms with Crippen LogP contribution in [0.2, 0.25) is 0 Å². The van der Waals surface area contributed by atoms with E-state index in [9.17, 15) is 24.0 Å². The summed E-state index contributed by atoms with van der Waals surface area (Å²) in [4.78, 5) is 63.7. The molecule has 3 aliphatic rings. The van der Waals surface area contributed by atoms with Crippen LogP contribution in [-0.4, -0.2) is 58.3 Å². The van der Waals surface area contributed by atoms with Crippen LogP contribution in [0.1, 0.15) is 53.3 Å². The topological polar surface area (TPSA) is 113 Å². The van der Waals surface area contributed by atoms with Crippen LogP contribution >= 0.6 is 0 Å². The number of nitrogens with one attached hydrogen (secondary N) is 1. The van der Waals surface area contributed by atoms with Crippen LogP contribution in [0.25, 0.3) is 0 Å². The molecular formula is C20H21N3O6. The van der Waals surface area contributed by atoms with Crippen molar-refractivity contribution in [1.29, 1.82) is 0 Å². The number of amides is 5. The predicted molar refractivity (Wildman–Crippen MR) is 98.5 cm³/mol. The molecule has 152 valence electrons. The number of benzene rings is 1. The highest BCUT2D eigenvalue weighted by molar-refractivity contribution is 6.21. The monoisotopic (exact) mass is 399 g/mol. The molecule has 29 heavy (non-hydrogen) atoms. The van der Waals surface area contributed by atoms with Crippen molar-refractivity contribution in [1.82, 2.24) is 15.1 Å². The molecule has 1 saturated heterocycles. The van der Waals surface area contributed by atoms with Gasteiger partial charge in [0.25, 0.3) is 17.7 Å². The Morgan fingerprint density at radius 3 is 2.38 bits per heavy atom. The average molecular weight is 399 g/mol. The average Bonchev–Trinajstić information content (AvgIpc) is 3.09. The van der Waals surface area contributed by atoms with E-state index >= 15 is 0 Å². The third-order valence-electron chi connectivity index (χ3n) is 6.02. The number of carbonyl (C=O) groups is 5. The number of fused-ring (bicyclic) bond motifs is 1. The summed E-state index contributed by atoms with van der Waals surface area (Å²) in [5, 5.41) is 2.76. The van der Waals surface area contributed by atoms with E-state index in [2.05, 4.69) is 5.32 Å². The molecule has 0 radical (unpaired) electrons. The second-order valence-corrected chi connectivity index (χ2v) is 7.67. The summed E-state index contributed by atoms with van der Waals surface area (Å²) < 4.78 is 5.03. The van der Waals surface area contributed by atoms with Gasteiger partial charge in [-0.15, -0.1) is 0 Å². The zero-order valence-electron chi connectivity index (χ0n) is 16.0. The highest BCUT2D eigenvalue weighted by atomic mass is 16.5. The Bertz CT molecular complexity index is 894. The van der Waals surface area contributed by atoms with Crippen LogP contribution in [0.15, 0.2) is 24.3 Å². The minimum absolute atomic E-state index is 0.0212. The fourth-order valence-electron chi connectivity index (χ4n) is 4.31. The molecule has 1 aromatic rings. The van der Waals surface area contributed by atoms with E-state index in [1.807, 2.05) is 6.92 Å². The van der Waals surface area contributed by atoms with Crippen LogP contribution in [-0.2, 0) is 14.3 Å². The molecule has 5 amide bonds. The Morgan fingerprint density at radius 2 is 1.76 bits per heavy atom. The largest absolute Gasteiger partial charge is 0.442 e. The minimum Gasteiger partial charge on any atom is -0.442 e. The Balaban J connectivity index is 1.38. The molecule has 0 bridgehead atoms.